The van der Waals surface area contributed by atoms with E-state index in [0.717, 1.165) is 18.8 Å². The van der Waals surface area contributed by atoms with Crippen LogP contribution in [0.25, 0.3) is 0 Å². The summed E-state index contributed by atoms with van der Waals surface area (Å²) in [4.78, 5) is 15.9. The van der Waals surface area contributed by atoms with E-state index >= 15 is 0 Å². The molecule has 0 amide bonds. The molecule has 4 heteroatoms. The molecule has 0 aliphatic heterocycles. The first-order valence-electron chi connectivity index (χ1n) is 5.70. The summed E-state index contributed by atoms with van der Waals surface area (Å²) in [6.07, 6.45) is 7.05. The Kier molecular flexibility index (Phi) is 3.14. The summed E-state index contributed by atoms with van der Waals surface area (Å²) in [6.45, 7) is 2.20. The highest BCUT2D eigenvalue weighted by molar-refractivity contribution is 5.94. The van der Waals surface area contributed by atoms with Crippen LogP contribution >= 0.6 is 0 Å². The van der Waals surface area contributed by atoms with E-state index in [9.17, 15) is 4.79 Å². The monoisotopic (exact) mass is 207 g/mol. The smallest absolute Gasteiger partial charge is 0.202 e. The third-order valence-corrected chi connectivity index (χ3v) is 3.38. The summed E-state index contributed by atoms with van der Waals surface area (Å²) >= 11 is 0. The van der Waals surface area contributed by atoms with Gasteiger partial charge in [-0.2, -0.15) is 5.10 Å². The van der Waals surface area contributed by atoms with E-state index in [4.69, 9.17) is 0 Å². The van der Waals surface area contributed by atoms with Crippen molar-refractivity contribution in [2.24, 2.45) is 11.8 Å². The standard InChI is InChI=1S/C11H17N3O/c1-2-8-4-3-5-9(6-8)10(15)11-12-7-13-14-11/h7-9H,2-6H2,1H3,(H,12,13,14). The summed E-state index contributed by atoms with van der Waals surface area (Å²) in [6, 6.07) is 0. The molecule has 0 aromatic carbocycles. The minimum atomic E-state index is 0.144. The van der Waals surface area contributed by atoms with Gasteiger partial charge in [0.25, 0.3) is 0 Å². The molecule has 0 saturated heterocycles. The summed E-state index contributed by atoms with van der Waals surface area (Å²) in [5.74, 6) is 1.45. The Morgan fingerprint density at radius 3 is 3.13 bits per heavy atom. The summed E-state index contributed by atoms with van der Waals surface area (Å²) < 4.78 is 0. The lowest BCUT2D eigenvalue weighted by Gasteiger charge is -2.26. The van der Waals surface area contributed by atoms with E-state index in [2.05, 4.69) is 22.1 Å². The fourth-order valence-electron chi connectivity index (χ4n) is 2.42. The SMILES string of the molecule is CCC1CCCC(C(=O)c2ncn[nH]2)C1. The van der Waals surface area contributed by atoms with Gasteiger partial charge >= 0.3 is 0 Å². The molecule has 2 atom stereocenters. The molecule has 1 heterocycles. The van der Waals surface area contributed by atoms with Gasteiger partial charge in [0.15, 0.2) is 5.82 Å². The molecule has 2 rings (SSSR count). The average molecular weight is 207 g/mol. The zero-order chi connectivity index (χ0) is 10.7. The lowest BCUT2D eigenvalue weighted by molar-refractivity contribution is 0.0851. The molecule has 0 bridgehead atoms. The Hall–Kier alpha value is -1.19. The topological polar surface area (TPSA) is 58.6 Å². The van der Waals surface area contributed by atoms with Gasteiger partial charge in [-0.05, 0) is 18.8 Å². The molecule has 2 unspecified atom stereocenters. The number of ketones is 1. The predicted octanol–water partition coefficient (Wildman–Crippen LogP) is 2.20. The van der Waals surface area contributed by atoms with Crippen molar-refractivity contribution in [3.8, 4) is 0 Å². The van der Waals surface area contributed by atoms with Gasteiger partial charge in [0, 0.05) is 5.92 Å². The molecule has 1 N–H and O–H groups in total. The van der Waals surface area contributed by atoms with Crippen LogP contribution in [0.2, 0.25) is 0 Å². The van der Waals surface area contributed by atoms with Crippen LogP contribution in [-0.4, -0.2) is 21.0 Å². The Balaban J connectivity index is 2.01. The number of hydrogen-bond donors (Lipinski definition) is 1. The first kappa shape index (κ1) is 10.3. The summed E-state index contributed by atoms with van der Waals surface area (Å²) in [7, 11) is 0. The van der Waals surface area contributed by atoms with Gasteiger partial charge in [-0.25, -0.2) is 4.98 Å². The normalized spacial score (nSPS) is 26.5. The Morgan fingerprint density at radius 2 is 2.47 bits per heavy atom. The van der Waals surface area contributed by atoms with Crippen molar-refractivity contribution < 1.29 is 4.79 Å². The second kappa shape index (κ2) is 4.55. The first-order chi connectivity index (χ1) is 7.31. The van der Waals surface area contributed by atoms with Crippen molar-refractivity contribution in [1.82, 2.24) is 15.2 Å². The molecule has 0 radical (unpaired) electrons. The van der Waals surface area contributed by atoms with E-state index in [1.807, 2.05) is 0 Å². The molecule has 1 fully saturated rings. The van der Waals surface area contributed by atoms with Crippen molar-refractivity contribution in [3.63, 3.8) is 0 Å². The number of carbonyl (C=O) groups is 1. The average Bonchev–Trinajstić information content (AvgIpc) is 2.81. The highest BCUT2D eigenvalue weighted by atomic mass is 16.1. The second-order valence-electron chi connectivity index (χ2n) is 4.34. The molecule has 1 aromatic heterocycles. The predicted molar refractivity (Wildman–Crippen MR) is 56.5 cm³/mol. The van der Waals surface area contributed by atoms with Crippen molar-refractivity contribution in [1.29, 1.82) is 0 Å². The number of Topliss-reactive ketones (excluding diaryl/α,β-unsaturated/α-hetero) is 1. The molecular weight excluding hydrogens is 190 g/mol. The van der Waals surface area contributed by atoms with Crippen LogP contribution in [0.1, 0.15) is 49.6 Å². The fourth-order valence-corrected chi connectivity index (χ4v) is 2.42. The van der Waals surface area contributed by atoms with Gasteiger partial charge in [-0.3, -0.25) is 9.89 Å². The zero-order valence-electron chi connectivity index (χ0n) is 9.07. The Morgan fingerprint density at radius 1 is 1.60 bits per heavy atom. The minimum absolute atomic E-state index is 0.144. The lowest BCUT2D eigenvalue weighted by Crippen LogP contribution is -2.23. The van der Waals surface area contributed by atoms with Crippen molar-refractivity contribution in [3.05, 3.63) is 12.2 Å². The molecular formula is C11H17N3O. The number of nitrogens with one attached hydrogen (secondary N) is 1. The number of rotatable bonds is 3. The lowest BCUT2D eigenvalue weighted by atomic mass is 9.78. The molecule has 0 spiro atoms. The van der Waals surface area contributed by atoms with E-state index in [1.54, 1.807) is 0 Å². The van der Waals surface area contributed by atoms with Crippen LogP contribution in [-0.2, 0) is 0 Å². The molecule has 4 nitrogen and oxygen atoms in total. The third-order valence-electron chi connectivity index (χ3n) is 3.38. The molecule has 1 aromatic rings. The number of nitrogens with zero attached hydrogens (tertiary/aromatic N) is 2. The van der Waals surface area contributed by atoms with E-state index < -0.39 is 0 Å². The quantitative estimate of drug-likeness (QED) is 0.773. The highest BCUT2D eigenvalue weighted by Gasteiger charge is 2.28. The Bertz CT molecular complexity index is 321. The van der Waals surface area contributed by atoms with Crippen LogP contribution in [0.15, 0.2) is 6.33 Å². The molecule has 15 heavy (non-hydrogen) atoms. The van der Waals surface area contributed by atoms with Crippen LogP contribution in [0.3, 0.4) is 0 Å². The van der Waals surface area contributed by atoms with Gasteiger partial charge in [0.05, 0.1) is 0 Å². The van der Waals surface area contributed by atoms with Gasteiger partial charge in [0.1, 0.15) is 6.33 Å². The van der Waals surface area contributed by atoms with E-state index in [-0.39, 0.29) is 11.7 Å². The molecule has 1 saturated carbocycles. The van der Waals surface area contributed by atoms with E-state index in [0.29, 0.717) is 5.82 Å². The van der Waals surface area contributed by atoms with Crippen molar-refractivity contribution >= 4 is 5.78 Å². The Labute approximate surface area is 89.5 Å². The van der Waals surface area contributed by atoms with Crippen LogP contribution in [0, 0.1) is 11.8 Å². The number of H-pyrrole nitrogens is 1. The molecule has 82 valence electrons. The van der Waals surface area contributed by atoms with Crippen molar-refractivity contribution in [2.45, 2.75) is 39.0 Å². The first-order valence-corrected chi connectivity index (χ1v) is 5.70. The van der Waals surface area contributed by atoms with Crippen LogP contribution < -0.4 is 0 Å². The van der Waals surface area contributed by atoms with Gasteiger partial charge in [-0.1, -0.05) is 26.2 Å². The van der Waals surface area contributed by atoms with Crippen molar-refractivity contribution in [2.75, 3.05) is 0 Å². The minimum Gasteiger partial charge on any atom is -0.290 e. The maximum Gasteiger partial charge on any atom is 0.202 e. The van der Waals surface area contributed by atoms with Gasteiger partial charge in [-0.15, -0.1) is 0 Å². The molecule has 1 aliphatic carbocycles. The third kappa shape index (κ3) is 2.25. The second-order valence-corrected chi connectivity index (χ2v) is 4.34. The largest absolute Gasteiger partial charge is 0.290 e. The maximum atomic E-state index is 12.0. The number of aromatic amines is 1. The number of hydrogen-bond acceptors (Lipinski definition) is 3. The number of carbonyl (C=O) groups excluding carboxylic acids is 1. The maximum absolute atomic E-state index is 12.0. The zero-order valence-corrected chi connectivity index (χ0v) is 9.07. The van der Waals surface area contributed by atoms with Crippen LogP contribution in [0.5, 0.6) is 0 Å². The van der Waals surface area contributed by atoms with Crippen LogP contribution in [0.4, 0.5) is 0 Å². The van der Waals surface area contributed by atoms with E-state index in [1.165, 1.54) is 25.6 Å². The fraction of sp³-hybridized carbons (Fsp3) is 0.727. The van der Waals surface area contributed by atoms with Gasteiger partial charge < -0.3 is 0 Å². The molecule has 1 aliphatic rings. The highest BCUT2D eigenvalue weighted by Crippen LogP contribution is 2.32. The summed E-state index contributed by atoms with van der Waals surface area (Å²) in [5, 5.41) is 6.38. The van der Waals surface area contributed by atoms with Gasteiger partial charge in [0.2, 0.25) is 5.78 Å². The number of aromatic nitrogens is 3. The summed E-state index contributed by atoms with van der Waals surface area (Å²) in [5.41, 5.74) is 0.